The summed E-state index contributed by atoms with van der Waals surface area (Å²) in [6, 6.07) is 70.2. The first-order chi connectivity index (χ1) is 28.8. The van der Waals surface area contributed by atoms with Gasteiger partial charge in [-0.25, -0.2) is 15.0 Å². The van der Waals surface area contributed by atoms with Gasteiger partial charge in [-0.15, -0.1) is 0 Å². The van der Waals surface area contributed by atoms with E-state index in [1.54, 1.807) is 0 Å². The highest BCUT2D eigenvalue weighted by Crippen LogP contribution is 2.46. The van der Waals surface area contributed by atoms with Gasteiger partial charge < -0.3 is 9.47 Å². The Hall–Kier alpha value is -7.89. The molecule has 0 saturated heterocycles. The minimum Gasteiger partial charge on any atom is -0.309 e. The lowest BCUT2D eigenvalue weighted by atomic mass is 10.0. The molecule has 0 amide bonds. The summed E-state index contributed by atoms with van der Waals surface area (Å²) in [5.74, 6) is 1.92. The van der Waals surface area contributed by atoms with Crippen LogP contribution in [0.2, 0.25) is 0 Å². The highest BCUT2D eigenvalue weighted by Gasteiger charge is 2.24. The Balaban J connectivity index is 1.05. The van der Waals surface area contributed by atoms with E-state index in [1.165, 1.54) is 21.9 Å². The summed E-state index contributed by atoms with van der Waals surface area (Å²) in [5, 5.41) is 2.44. The number of rotatable bonds is 6. The quantitative estimate of drug-likeness (QED) is 0.170. The summed E-state index contributed by atoms with van der Waals surface area (Å²) in [7, 11) is 0. The van der Waals surface area contributed by atoms with Crippen LogP contribution in [0.1, 0.15) is 11.1 Å². The van der Waals surface area contributed by atoms with Crippen LogP contribution in [-0.2, 0) is 0 Å². The fourth-order valence-corrected chi connectivity index (χ4v) is 8.31. The molecule has 11 rings (SSSR count). The Morgan fingerprint density at radius 1 is 0.345 bits per heavy atom. The van der Waals surface area contributed by atoms with Crippen molar-refractivity contribution in [1.82, 2.24) is 19.5 Å². The summed E-state index contributed by atoms with van der Waals surface area (Å²) in [4.78, 5) is 17.3. The Labute approximate surface area is 336 Å². The third-order valence-electron chi connectivity index (χ3n) is 11.0. The highest BCUT2D eigenvalue weighted by molar-refractivity contribution is 6.16. The van der Waals surface area contributed by atoms with Crippen LogP contribution < -0.4 is 4.90 Å². The first-order valence-corrected chi connectivity index (χ1v) is 19.5. The monoisotopic (exact) mass is 741 g/mol. The molecule has 5 heteroatoms. The van der Waals surface area contributed by atoms with E-state index in [0.717, 1.165) is 61.6 Å². The van der Waals surface area contributed by atoms with Crippen molar-refractivity contribution in [2.75, 3.05) is 4.90 Å². The molecule has 272 valence electrons. The van der Waals surface area contributed by atoms with Crippen LogP contribution in [-0.4, -0.2) is 19.5 Å². The first-order valence-electron chi connectivity index (χ1n) is 19.5. The Morgan fingerprint density at radius 2 is 0.897 bits per heavy atom. The molecule has 0 saturated carbocycles. The van der Waals surface area contributed by atoms with Crippen LogP contribution in [0.25, 0.3) is 84.9 Å². The molecule has 1 aliphatic rings. The molecular formula is C53H35N5. The van der Waals surface area contributed by atoms with E-state index < -0.39 is 0 Å². The van der Waals surface area contributed by atoms with E-state index in [2.05, 4.69) is 161 Å². The molecule has 10 aromatic rings. The zero-order valence-corrected chi connectivity index (χ0v) is 31.4. The fourth-order valence-electron chi connectivity index (χ4n) is 8.31. The van der Waals surface area contributed by atoms with E-state index in [0.29, 0.717) is 17.5 Å². The van der Waals surface area contributed by atoms with Crippen LogP contribution in [0, 0.1) is 0 Å². The fraction of sp³-hybridized carbons (Fsp3) is 0. The summed E-state index contributed by atoms with van der Waals surface area (Å²) < 4.78 is 2.40. The molecular weight excluding hydrogens is 707 g/mol. The molecule has 5 nitrogen and oxygen atoms in total. The molecule has 8 aromatic carbocycles. The molecule has 0 spiro atoms. The lowest BCUT2D eigenvalue weighted by molar-refractivity contribution is 1.07. The molecule has 0 aliphatic carbocycles. The zero-order valence-electron chi connectivity index (χ0n) is 31.4. The minimum absolute atomic E-state index is 0.633. The molecule has 0 radical (unpaired) electrons. The van der Waals surface area contributed by atoms with E-state index in [9.17, 15) is 0 Å². The van der Waals surface area contributed by atoms with Crippen molar-refractivity contribution in [3.8, 4) is 51.0 Å². The lowest BCUT2D eigenvalue weighted by Gasteiger charge is -2.27. The number of hydrogen-bond acceptors (Lipinski definition) is 4. The third kappa shape index (κ3) is 5.76. The van der Waals surface area contributed by atoms with Crippen molar-refractivity contribution in [2.45, 2.75) is 0 Å². The number of nitrogens with zero attached hydrogens (tertiary/aromatic N) is 5. The highest BCUT2D eigenvalue weighted by atomic mass is 15.1. The molecule has 0 fully saturated rings. The van der Waals surface area contributed by atoms with E-state index in [1.807, 2.05) is 60.7 Å². The number of aromatic nitrogens is 4. The SMILES string of the molecule is C1=Cc2c(ccc3c2c2ccccc2n3-c2cccc(-c3cccc(-c4nc(-c5ccccc5)nc(-c5ccccc5)n4)c3)c2)N(c2ccccc2)c2ccccc21. The van der Waals surface area contributed by atoms with Crippen molar-refractivity contribution in [3.63, 3.8) is 0 Å². The van der Waals surface area contributed by atoms with Crippen molar-refractivity contribution in [3.05, 3.63) is 211 Å². The van der Waals surface area contributed by atoms with Crippen molar-refractivity contribution >= 4 is 51.0 Å². The Kier molecular flexibility index (Phi) is 8.07. The number of hydrogen-bond donors (Lipinski definition) is 0. The van der Waals surface area contributed by atoms with Crippen LogP contribution >= 0.6 is 0 Å². The van der Waals surface area contributed by atoms with Gasteiger partial charge >= 0.3 is 0 Å². The van der Waals surface area contributed by atoms with Gasteiger partial charge in [-0.1, -0.05) is 158 Å². The number of anilines is 3. The van der Waals surface area contributed by atoms with E-state index in [4.69, 9.17) is 15.0 Å². The topological polar surface area (TPSA) is 46.8 Å². The molecule has 0 atom stereocenters. The van der Waals surface area contributed by atoms with E-state index >= 15 is 0 Å². The van der Waals surface area contributed by atoms with Gasteiger partial charge in [0.25, 0.3) is 0 Å². The predicted molar refractivity (Wildman–Crippen MR) is 240 cm³/mol. The van der Waals surface area contributed by atoms with Gasteiger partial charge in [-0.05, 0) is 71.3 Å². The largest absolute Gasteiger partial charge is 0.309 e. The smallest absolute Gasteiger partial charge is 0.164 e. The minimum atomic E-state index is 0.633. The summed E-state index contributed by atoms with van der Waals surface area (Å²) >= 11 is 0. The lowest BCUT2D eigenvalue weighted by Crippen LogP contribution is -2.11. The number of fused-ring (bicyclic) bond motifs is 6. The van der Waals surface area contributed by atoms with Crippen LogP contribution in [0.4, 0.5) is 17.1 Å². The van der Waals surface area contributed by atoms with Crippen molar-refractivity contribution in [1.29, 1.82) is 0 Å². The maximum absolute atomic E-state index is 5.01. The van der Waals surface area contributed by atoms with Gasteiger partial charge in [0, 0.05) is 44.4 Å². The van der Waals surface area contributed by atoms with Crippen LogP contribution in [0.5, 0.6) is 0 Å². The summed E-state index contributed by atoms with van der Waals surface area (Å²) in [6.45, 7) is 0. The molecule has 0 bridgehead atoms. The van der Waals surface area contributed by atoms with Gasteiger partial charge in [-0.2, -0.15) is 0 Å². The second-order valence-corrected chi connectivity index (χ2v) is 14.5. The Bertz CT molecular complexity index is 3110. The molecule has 0 unspecified atom stereocenters. The molecule has 2 aromatic heterocycles. The van der Waals surface area contributed by atoms with Crippen LogP contribution in [0.3, 0.4) is 0 Å². The van der Waals surface area contributed by atoms with Gasteiger partial charge in [0.2, 0.25) is 0 Å². The standard InChI is InChI=1S/C53H35N5/c1-4-17-37(18-5-1)51-54-52(38-19-6-2-7-20-38)56-53(55-51)41-23-14-21-39(34-41)40-22-15-26-43(35-40)58-47-29-13-11-27-44(47)50-45-31-30-36-16-10-12-28-46(36)57(42-24-8-3-9-25-42)48(45)32-33-49(50)58/h1-35H. The maximum atomic E-state index is 5.01. The first kappa shape index (κ1) is 33.4. The van der Waals surface area contributed by atoms with E-state index in [-0.39, 0.29) is 0 Å². The summed E-state index contributed by atoms with van der Waals surface area (Å²) in [6.07, 6.45) is 4.56. The van der Waals surface area contributed by atoms with Gasteiger partial charge in [0.15, 0.2) is 17.5 Å². The third-order valence-corrected chi connectivity index (χ3v) is 11.0. The summed E-state index contributed by atoms with van der Waals surface area (Å²) in [5.41, 5.74) is 14.2. The van der Waals surface area contributed by atoms with Gasteiger partial charge in [-0.3, -0.25) is 0 Å². The van der Waals surface area contributed by atoms with Gasteiger partial charge in [0.1, 0.15) is 0 Å². The maximum Gasteiger partial charge on any atom is 0.164 e. The average molecular weight is 742 g/mol. The van der Waals surface area contributed by atoms with Crippen molar-refractivity contribution < 1.29 is 0 Å². The second-order valence-electron chi connectivity index (χ2n) is 14.5. The molecule has 3 heterocycles. The molecule has 1 aliphatic heterocycles. The number of para-hydroxylation sites is 3. The zero-order chi connectivity index (χ0) is 38.4. The number of benzene rings is 8. The van der Waals surface area contributed by atoms with Crippen LogP contribution in [0.15, 0.2) is 200 Å². The molecule has 58 heavy (non-hydrogen) atoms. The molecule has 0 N–H and O–H groups in total. The Morgan fingerprint density at radius 3 is 1.64 bits per heavy atom. The van der Waals surface area contributed by atoms with Gasteiger partial charge in [0.05, 0.1) is 22.4 Å². The van der Waals surface area contributed by atoms with Crippen molar-refractivity contribution in [2.24, 2.45) is 0 Å². The second kappa shape index (κ2) is 14.0. The average Bonchev–Trinajstić information content (AvgIpc) is 3.54. The predicted octanol–water partition coefficient (Wildman–Crippen LogP) is 13.6. The normalized spacial score (nSPS) is 12.0.